The van der Waals surface area contributed by atoms with Crippen molar-refractivity contribution in [1.29, 1.82) is 0 Å². The average Bonchev–Trinajstić information content (AvgIpc) is 3.05. The third-order valence-electron chi connectivity index (χ3n) is 10.9. The van der Waals surface area contributed by atoms with E-state index in [1.54, 1.807) is 0 Å². The van der Waals surface area contributed by atoms with Crippen molar-refractivity contribution in [1.82, 2.24) is 4.90 Å². The Morgan fingerprint density at radius 1 is 1.07 bits per heavy atom. The highest BCUT2D eigenvalue weighted by atomic mass is 16.5. The van der Waals surface area contributed by atoms with Gasteiger partial charge in [-0.25, -0.2) is 0 Å². The van der Waals surface area contributed by atoms with Gasteiger partial charge in [-0.1, -0.05) is 13.8 Å². The van der Waals surface area contributed by atoms with Crippen LogP contribution in [0, 0.1) is 40.4 Å². The maximum atomic E-state index is 12.4. The quantitative estimate of drug-likeness (QED) is 0.728. The van der Waals surface area contributed by atoms with Crippen molar-refractivity contribution in [3.63, 3.8) is 0 Å². The minimum Gasteiger partial charge on any atom is -0.391 e. The zero-order valence-electron chi connectivity index (χ0n) is 19.6. The van der Waals surface area contributed by atoms with Crippen LogP contribution in [0.1, 0.15) is 79.1 Å². The van der Waals surface area contributed by atoms with Gasteiger partial charge >= 0.3 is 0 Å². The molecule has 0 radical (unpaired) electrons. The van der Waals surface area contributed by atoms with E-state index in [0.29, 0.717) is 29.1 Å². The molecule has 30 heavy (non-hydrogen) atoms. The maximum absolute atomic E-state index is 12.4. The summed E-state index contributed by atoms with van der Waals surface area (Å²) in [6, 6.07) is 0.290. The van der Waals surface area contributed by atoms with Crippen molar-refractivity contribution < 1.29 is 14.6 Å². The Balaban J connectivity index is 1.39. The van der Waals surface area contributed by atoms with E-state index in [4.69, 9.17) is 4.74 Å². The van der Waals surface area contributed by atoms with E-state index in [1.165, 1.54) is 32.1 Å². The Hall–Kier alpha value is -0.450. The number of hydrogen-bond donors (Lipinski definition) is 1. The molecular weight excluding hydrogens is 374 g/mol. The lowest BCUT2D eigenvalue weighted by molar-refractivity contribution is -0.160. The van der Waals surface area contributed by atoms with Crippen LogP contribution in [-0.4, -0.2) is 53.7 Å². The molecule has 5 fully saturated rings. The summed E-state index contributed by atoms with van der Waals surface area (Å²) in [4.78, 5) is 14.9. The van der Waals surface area contributed by atoms with E-state index in [-0.39, 0.29) is 17.6 Å². The van der Waals surface area contributed by atoms with Gasteiger partial charge in [0.15, 0.2) is 0 Å². The number of hydrogen-bond acceptors (Lipinski definition) is 4. The van der Waals surface area contributed by atoms with Crippen molar-refractivity contribution in [2.24, 2.45) is 40.4 Å². The highest BCUT2D eigenvalue weighted by Gasteiger charge is 2.62. The molecule has 1 aliphatic heterocycles. The normalized spacial score (nSPS) is 54.2. The van der Waals surface area contributed by atoms with E-state index < -0.39 is 0 Å². The number of ketones is 1. The van der Waals surface area contributed by atoms with E-state index >= 15 is 0 Å². The number of rotatable bonds is 2. The average molecular weight is 418 g/mol. The Kier molecular flexibility index (Phi) is 5.39. The zero-order valence-corrected chi connectivity index (χ0v) is 19.6. The number of Topliss-reactive ketones (excluding diaryl/α,β-unsaturated/α-hetero) is 1. The van der Waals surface area contributed by atoms with Crippen LogP contribution < -0.4 is 0 Å². The molecule has 4 nitrogen and oxygen atoms in total. The monoisotopic (exact) mass is 417 g/mol. The van der Waals surface area contributed by atoms with Crippen LogP contribution in [0.4, 0.5) is 0 Å². The molecule has 0 aromatic rings. The molecular formula is C26H43NO3. The van der Waals surface area contributed by atoms with E-state index in [0.717, 1.165) is 56.7 Å². The van der Waals surface area contributed by atoms with Crippen molar-refractivity contribution in [3.05, 3.63) is 0 Å². The summed E-state index contributed by atoms with van der Waals surface area (Å²) >= 11 is 0. The third kappa shape index (κ3) is 3.15. The fraction of sp³-hybridized carbons (Fsp3) is 0.962. The molecule has 5 aliphatic rings. The molecule has 1 saturated heterocycles. The van der Waals surface area contributed by atoms with Crippen LogP contribution in [0.2, 0.25) is 0 Å². The Morgan fingerprint density at radius 2 is 1.83 bits per heavy atom. The van der Waals surface area contributed by atoms with E-state index in [1.807, 2.05) is 6.92 Å². The van der Waals surface area contributed by atoms with Gasteiger partial charge in [0.05, 0.1) is 18.8 Å². The van der Waals surface area contributed by atoms with E-state index in [9.17, 15) is 9.90 Å². The molecule has 0 aromatic carbocycles. The van der Waals surface area contributed by atoms with Crippen LogP contribution in [-0.2, 0) is 9.53 Å². The number of aliphatic hydroxyl groups is 1. The molecule has 4 aliphatic carbocycles. The first-order valence-corrected chi connectivity index (χ1v) is 12.8. The summed E-state index contributed by atoms with van der Waals surface area (Å²) in [5.41, 5.74) is 0.577. The molecule has 10 atom stereocenters. The van der Waals surface area contributed by atoms with Gasteiger partial charge in [0.25, 0.3) is 0 Å². The number of aliphatic hydroxyl groups excluding tert-OH is 1. The summed E-state index contributed by atoms with van der Waals surface area (Å²) in [6.07, 6.45) is 9.70. The van der Waals surface area contributed by atoms with Crippen LogP contribution >= 0.6 is 0 Å². The molecule has 1 N–H and O–H groups in total. The standard InChI is InChI=1S/C26H43NO3/c1-16-15-27(11-12-30-16)23-14-26(4)18(13-24(23)29)5-6-19-21-8-7-20(17(2)28)25(21,3)10-9-22(19)26/h16,18-24,29H,5-15H2,1-4H3/t16-,18+,19+,20-,21+,22+,23+,24+,25-,26+/m1/s1. The molecule has 170 valence electrons. The van der Waals surface area contributed by atoms with Gasteiger partial charge in [0, 0.05) is 25.0 Å². The highest BCUT2D eigenvalue weighted by molar-refractivity contribution is 5.79. The van der Waals surface area contributed by atoms with Gasteiger partial charge in [0.2, 0.25) is 0 Å². The molecule has 0 unspecified atom stereocenters. The van der Waals surface area contributed by atoms with Gasteiger partial charge in [-0.15, -0.1) is 0 Å². The van der Waals surface area contributed by atoms with Crippen LogP contribution in [0.25, 0.3) is 0 Å². The molecule has 0 amide bonds. The van der Waals surface area contributed by atoms with Gasteiger partial charge in [-0.05, 0) is 99.7 Å². The fourth-order valence-corrected chi connectivity index (χ4v) is 9.46. The number of nitrogens with zero attached hydrogens (tertiary/aromatic N) is 1. The van der Waals surface area contributed by atoms with Crippen molar-refractivity contribution in [2.45, 2.75) is 97.3 Å². The predicted molar refractivity (Wildman–Crippen MR) is 118 cm³/mol. The first-order valence-electron chi connectivity index (χ1n) is 12.8. The molecule has 4 saturated carbocycles. The zero-order chi connectivity index (χ0) is 21.3. The summed E-state index contributed by atoms with van der Waals surface area (Å²) in [5, 5.41) is 11.1. The number of carbonyl (C=O) groups excluding carboxylic acids is 1. The molecule has 5 rings (SSSR count). The predicted octanol–water partition coefficient (Wildman–Crippen LogP) is 4.29. The molecule has 1 heterocycles. The Labute approximate surface area is 183 Å². The minimum atomic E-state index is -0.188. The lowest BCUT2D eigenvalue weighted by atomic mass is 9.44. The third-order valence-corrected chi connectivity index (χ3v) is 10.9. The second kappa shape index (κ2) is 7.56. The van der Waals surface area contributed by atoms with Crippen molar-refractivity contribution >= 4 is 5.78 Å². The smallest absolute Gasteiger partial charge is 0.133 e. The molecule has 0 bridgehead atoms. The summed E-state index contributed by atoms with van der Waals surface area (Å²) in [6.45, 7) is 11.7. The van der Waals surface area contributed by atoms with Crippen molar-refractivity contribution in [3.8, 4) is 0 Å². The molecule has 4 heteroatoms. The molecule has 0 aromatic heterocycles. The van der Waals surface area contributed by atoms with Crippen LogP contribution in [0.5, 0.6) is 0 Å². The fourth-order valence-electron chi connectivity index (χ4n) is 9.46. The number of ether oxygens (including phenoxy) is 1. The largest absolute Gasteiger partial charge is 0.391 e. The number of carbonyl (C=O) groups is 1. The first kappa shape index (κ1) is 21.4. The minimum absolute atomic E-state index is 0.188. The Morgan fingerprint density at radius 3 is 2.57 bits per heavy atom. The number of morpholine rings is 1. The van der Waals surface area contributed by atoms with E-state index in [2.05, 4.69) is 25.7 Å². The first-order chi connectivity index (χ1) is 14.2. The lowest BCUT2D eigenvalue weighted by Crippen LogP contribution is -2.61. The van der Waals surface area contributed by atoms with Crippen LogP contribution in [0.15, 0.2) is 0 Å². The second-order valence-corrected chi connectivity index (χ2v) is 12.2. The van der Waals surface area contributed by atoms with Gasteiger partial charge in [-0.3, -0.25) is 9.69 Å². The summed E-state index contributed by atoms with van der Waals surface area (Å²) in [5.74, 6) is 3.68. The lowest BCUT2D eigenvalue weighted by Gasteiger charge is -2.62. The topological polar surface area (TPSA) is 49.8 Å². The molecule has 0 spiro atoms. The summed E-state index contributed by atoms with van der Waals surface area (Å²) in [7, 11) is 0. The maximum Gasteiger partial charge on any atom is 0.133 e. The summed E-state index contributed by atoms with van der Waals surface area (Å²) < 4.78 is 5.79. The number of fused-ring (bicyclic) bond motifs is 5. The Bertz CT molecular complexity index is 681. The van der Waals surface area contributed by atoms with Gasteiger partial charge in [-0.2, -0.15) is 0 Å². The van der Waals surface area contributed by atoms with Crippen LogP contribution in [0.3, 0.4) is 0 Å². The van der Waals surface area contributed by atoms with Gasteiger partial charge in [0.1, 0.15) is 5.78 Å². The highest BCUT2D eigenvalue weighted by Crippen LogP contribution is 2.67. The van der Waals surface area contributed by atoms with Gasteiger partial charge < -0.3 is 9.84 Å². The SMILES string of the molecule is CC(=O)[C@H]1CC[C@H]2[C@@H]3CC[C@H]4C[C@H](O)[C@@H](N5CCO[C@H](C)C5)C[C@]4(C)[C@H]3CC[C@]12C. The van der Waals surface area contributed by atoms with Crippen molar-refractivity contribution in [2.75, 3.05) is 19.7 Å². The second-order valence-electron chi connectivity index (χ2n) is 12.2.